The number of anilines is 1. The first-order valence-electron chi connectivity index (χ1n) is 6.67. The topological polar surface area (TPSA) is 58.4 Å². The molecule has 1 aliphatic rings. The second kappa shape index (κ2) is 5.88. The maximum Gasteiger partial charge on any atom is 0.416 e. The first-order chi connectivity index (χ1) is 9.84. The van der Waals surface area contributed by atoms with Gasteiger partial charge in [0.2, 0.25) is 0 Å². The number of hydrogen-bond acceptors (Lipinski definition) is 4. The standard InChI is InChI=1S/C13H16F3N3O2/c1-2-18(10-5-6-17-8-10)11-4-3-9(13(14,15)16)7-12(11)19(20)21/h3-4,7,10,17H,2,5-6,8H2,1H3. The fourth-order valence-electron chi connectivity index (χ4n) is 2.62. The first-order valence-corrected chi connectivity index (χ1v) is 6.67. The van der Waals surface area contributed by atoms with E-state index in [1.165, 1.54) is 6.07 Å². The van der Waals surface area contributed by atoms with Gasteiger partial charge in [-0.25, -0.2) is 0 Å². The molecule has 8 heteroatoms. The van der Waals surface area contributed by atoms with Gasteiger partial charge in [0.25, 0.3) is 5.69 Å². The zero-order valence-corrected chi connectivity index (χ0v) is 11.5. The van der Waals surface area contributed by atoms with E-state index in [0.717, 1.165) is 19.0 Å². The summed E-state index contributed by atoms with van der Waals surface area (Å²) in [4.78, 5) is 12.2. The van der Waals surface area contributed by atoms with Gasteiger partial charge >= 0.3 is 6.18 Å². The quantitative estimate of drug-likeness (QED) is 0.686. The van der Waals surface area contributed by atoms with Crippen molar-refractivity contribution >= 4 is 11.4 Å². The molecule has 0 saturated carbocycles. The van der Waals surface area contributed by atoms with E-state index in [-0.39, 0.29) is 11.7 Å². The van der Waals surface area contributed by atoms with Crippen LogP contribution in [0.25, 0.3) is 0 Å². The molecule has 1 saturated heterocycles. The van der Waals surface area contributed by atoms with Crippen molar-refractivity contribution in [1.82, 2.24) is 5.32 Å². The Labute approximate surface area is 119 Å². The average Bonchev–Trinajstić information content (AvgIpc) is 2.92. The molecule has 1 fully saturated rings. The molecule has 1 aromatic carbocycles. The van der Waals surface area contributed by atoms with E-state index < -0.39 is 22.4 Å². The Hall–Kier alpha value is -1.83. The number of hydrogen-bond donors (Lipinski definition) is 1. The SMILES string of the molecule is CCN(c1ccc(C(F)(F)F)cc1[N+](=O)[O-])C1CCNC1. The molecule has 0 radical (unpaired) electrons. The number of alkyl halides is 3. The number of nitrogens with one attached hydrogen (secondary N) is 1. The lowest BCUT2D eigenvalue weighted by atomic mass is 10.1. The smallest absolute Gasteiger partial charge is 0.362 e. The highest BCUT2D eigenvalue weighted by molar-refractivity contribution is 5.65. The van der Waals surface area contributed by atoms with Crippen LogP contribution in [0, 0.1) is 10.1 Å². The summed E-state index contributed by atoms with van der Waals surface area (Å²) in [6.07, 6.45) is -3.78. The third-order valence-corrected chi connectivity index (χ3v) is 3.62. The van der Waals surface area contributed by atoms with Crippen LogP contribution in [-0.2, 0) is 6.18 Å². The summed E-state index contributed by atoms with van der Waals surface area (Å²) in [5.41, 5.74) is -1.26. The van der Waals surface area contributed by atoms with Crippen LogP contribution in [0.15, 0.2) is 18.2 Å². The van der Waals surface area contributed by atoms with Crippen LogP contribution >= 0.6 is 0 Å². The highest BCUT2D eigenvalue weighted by atomic mass is 19.4. The van der Waals surface area contributed by atoms with Gasteiger partial charge in [0.1, 0.15) is 5.69 Å². The minimum atomic E-state index is -4.59. The third-order valence-electron chi connectivity index (χ3n) is 3.62. The summed E-state index contributed by atoms with van der Waals surface area (Å²) in [6.45, 7) is 3.81. The van der Waals surface area contributed by atoms with Crippen LogP contribution < -0.4 is 10.2 Å². The predicted molar refractivity (Wildman–Crippen MR) is 72.4 cm³/mol. The molecule has 1 aromatic rings. The lowest BCUT2D eigenvalue weighted by Crippen LogP contribution is -2.37. The summed E-state index contributed by atoms with van der Waals surface area (Å²) >= 11 is 0. The van der Waals surface area contributed by atoms with E-state index in [0.29, 0.717) is 19.2 Å². The summed E-state index contributed by atoms with van der Waals surface area (Å²) in [7, 11) is 0. The van der Waals surface area contributed by atoms with Gasteiger partial charge in [0, 0.05) is 25.2 Å². The average molecular weight is 303 g/mol. The lowest BCUT2D eigenvalue weighted by Gasteiger charge is -2.29. The zero-order valence-electron chi connectivity index (χ0n) is 11.5. The van der Waals surface area contributed by atoms with E-state index in [1.54, 1.807) is 4.90 Å². The Morgan fingerprint density at radius 1 is 1.48 bits per heavy atom. The number of halogens is 3. The van der Waals surface area contributed by atoms with Crippen molar-refractivity contribution in [2.45, 2.75) is 25.6 Å². The van der Waals surface area contributed by atoms with Gasteiger partial charge in [-0.3, -0.25) is 10.1 Å². The second-order valence-electron chi connectivity index (χ2n) is 4.89. The van der Waals surface area contributed by atoms with Gasteiger partial charge in [0.05, 0.1) is 10.5 Å². The Morgan fingerprint density at radius 2 is 2.19 bits per heavy atom. The van der Waals surface area contributed by atoms with E-state index in [1.807, 2.05) is 6.92 Å². The molecule has 0 aliphatic carbocycles. The summed E-state index contributed by atoms with van der Waals surface area (Å²) in [5.74, 6) is 0. The van der Waals surface area contributed by atoms with Crippen LogP contribution in [0.4, 0.5) is 24.5 Å². The van der Waals surface area contributed by atoms with Gasteiger partial charge in [-0.1, -0.05) is 0 Å². The van der Waals surface area contributed by atoms with Gasteiger partial charge in [-0.15, -0.1) is 0 Å². The second-order valence-corrected chi connectivity index (χ2v) is 4.89. The molecule has 0 spiro atoms. The van der Waals surface area contributed by atoms with Crippen LogP contribution in [-0.4, -0.2) is 30.6 Å². The molecule has 1 unspecified atom stereocenters. The molecule has 1 atom stereocenters. The van der Waals surface area contributed by atoms with Crippen molar-refractivity contribution in [3.05, 3.63) is 33.9 Å². The molecule has 1 N–H and O–H groups in total. The van der Waals surface area contributed by atoms with E-state index in [2.05, 4.69) is 5.32 Å². The van der Waals surface area contributed by atoms with Crippen molar-refractivity contribution in [3.8, 4) is 0 Å². The molecule has 0 amide bonds. The van der Waals surface area contributed by atoms with Gasteiger partial charge in [-0.05, 0) is 32.0 Å². The Balaban J connectivity index is 2.44. The van der Waals surface area contributed by atoms with Crippen molar-refractivity contribution < 1.29 is 18.1 Å². The molecular weight excluding hydrogens is 287 g/mol. The molecule has 1 heterocycles. The Morgan fingerprint density at radius 3 is 2.67 bits per heavy atom. The molecule has 0 aromatic heterocycles. The molecule has 116 valence electrons. The fraction of sp³-hybridized carbons (Fsp3) is 0.538. The highest BCUT2D eigenvalue weighted by Gasteiger charge is 2.34. The van der Waals surface area contributed by atoms with Crippen LogP contribution in [0.3, 0.4) is 0 Å². The first kappa shape index (κ1) is 15.6. The van der Waals surface area contributed by atoms with E-state index >= 15 is 0 Å². The number of benzene rings is 1. The molecular formula is C13H16F3N3O2. The maximum absolute atomic E-state index is 12.7. The monoisotopic (exact) mass is 303 g/mol. The summed E-state index contributed by atoms with van der Waals surface area (Å²) in [6, 6.07) is 2.77. The molecule has 5 nitrogen and oxygen atoms in total. The third kappa shape index (κ3) is 3.26. The molecule has 1 aliphatic heterocycles. The zero-order chi connectivity index (χ0) is 15.6. The number of nitro benzene ring substituents is 1. The molecule has 0 bridgehead atoms. The number of rotatable bonds is 4. The Bertz CT molecular complexity index is 528. The minimum absolute atomic E-state index is 0.0606. The highest BCUT2D eigenvalue weighted by Crippen LogP contribution is 2.37. The van der Waals surface area contributed by atoms with Crippen molar-refractivity contribution in [1.29, 1.82) is 0 Å². The van der Waals surface area contributed by atoms with Crippen LogP contribution in [0.5, 0.6) is 0 Å². The molecule has 21 heavy (non-hydrogen) atoms. The van der Waals surface area contributed by atoms with Crippen LogP contribution in [0.1, 0.15) is 18.9 Å². The van der Waals surface area contributed by atoms with E-state index in [9.17, 15) is 23.3 Å². The largest absolute Gasteiger partial charge is 0.416 e. The summed E-state index contributed by atoms with van der Waals surface area (Å²) < 4.78 is 38.1. The lowest BCUT2D eigenvalue weighted by molar-refractivity contribution is -0.384. The van der Waals surface area contributed by atoms with Crippen molar-refractivity contribution in [2.75, 3.05) is 24.5 Å². The number of nitrogens with zero attached hydrogens (tertiary/aromatic N) is 2. The van der Waals surface area contributed by atoms with Gasteiger partial charge in [-0.2, -0.15) is 13.2 Å². The fourth-order valence-corrected chi connectivity index (χ4v) is 2.62. The van der Waals surface area contributed by atoms with Crippen LogP contribution in [0.2, 0.25) is 0 Å². The van der Waals surface area contributed by atoms with Gasteiger partial charge in [0.15, 0.2) is 0 Å². The normalized spacial score (nSPS) is 18.8. The van der Waals surface area contributed by atoms with Crippen molar-refractivity contribution in [2.24, 2.45) is 0 Å². The van der Waals surface area contributed by atoms with Crippen molar-refractivity contribution in [3.63, 3.8) is 0 Å². The Kier molecular flexibility index (Phi) is 4.36. The summed E-state index contributed by atoms with van der Waals surface area (Å²) in [5, 5.41) is 14.3. The van der Waals surface area contributed by atoms with E-state index in [4.69, 9.17) is 0 Å². The number of nitro groups is 1. The predicted octanol–water partition coefficient (Wildman–Crippen LogP) is 2.80. The minimum Gasteiger partial charge on any atom is -0.362 e. The van der Waals surface area contributed by atoms with Gasteiger partial charge < -0.3 is 10.2 Å². The molecule has 2 rings (SSSR count). The maximum atomic E-state index is 12.7. The number of likely N-dealkylation sites (N-methyl/N-ethyl adjacent to an activating group) is 1.